The third-order valence-corrected chi connectivity index (χ3v) is 8.06. The van der Waals surface area contributed by atoms with E-state index in [1.165, 1.54) is 0 Å². The smallest absolute Gasteiger partial charge is 0.254 e. The molecule has 1 saturated carbocycles. The van der Waals surface area contributed by atoms with Gasteiger partial charge in [0.15, 0.2) is 11.5 Å². The summed E-state index contributed by atoms with van der Waals surface area (Å²) in [5.74, 6) is 1.41. The van der Waals surface area contributed by atoms with Crippen LogP contribution in [0.3, 0.4) is 0 Å². The molecular weight excluding hydrogens is 518 g/mol. The number of nitrogens with zero attached hydrogens (tertiary/aromatic N) is 2. The van der Waals surface area contributed by atoms with E-state index in [4.69, 9.17) is 14.2 Å². The summed E-state index contributed by atoms with van der Waals surface area (Å²) in [4.78, 5) is 30.9. The van der Waals surface area contributed by atoms with E-state index in [9.17, 15) is 9.59 Å². The van der Waals surface area contributed by atoms with Crippen LogP contribution in [0.4, 0.5) is 0 Å². The van der Waals surface area contributed by atoms with Crippen molar-refractivity contribution in [1.29, 1.82) is 0 Å². The van der Waals surface area contributed by atoms with Gasteiger partial charge in [0.1, 0.15) is 0 Å². The van der Waals surface area contributed by atoms with Gasteiger partial charge in [0.25, 0.3) is 5.91 Å². The average Bonchev–Trinajstić information content (AvgIpc) is 3.82. The van der Waals surface area contributed by atoms with Crippen molar-refractivity contribution in [2.75, 3.05) is 40.5 Å². The number of rotatable bonds is 15. The van der Waals surface area contributed by atoms with Gasteiger partial charge in [-0.3, -0.25) is 9.59 Å². The number of piperidine rings is 1. The van der Waals surface area contributed by atoms with E-state index in [2.05, 4.69) is 24.1 Å². The molecule has 2 atom stereocenters. The number of amides is 2. The zero-order valence-electron chi connectivity index (χ0n) is 25.1. The molecule has 0 bridgehead atoms. The van der Waals surface area contributed by atoms with Crippen LogP contribution in [0.2, 0.25) is 0 Å². The number of hydrogen-bond acceptors (Lipinski definition) is 6. The quantitative estimate of drug-likeness (QED) is 0.315. The largest absolute Gasteiger partial charge is 0.493 e. The molecule has 2 fully saturated rings. The summed E-state index contributed by atoms with van der Waals surface area (Å²) < 4.78 is 16.5. The third-order valence-electron chi connectivity index (χ3n) is 8.06. The monoisotopic (exact) mass is 565 g/mol. The molecule has 2 aromatic carbocycles. The van der Waals surface area contributed by atoms with E-state index in [-0.39, 0.29) is 23.9 Å². The standard InChI is InChI=1S/C33H47N3O5/c1-24(2)36(33(38)26-11-16-30(40-4)31(22-26)41-20-8-19-39-3)29-13-12-27(34-23-29)17-18-35(28-14-15-28)32(37)21-25-9-6-5-7-10-25/h5-7,9-11,16,22,24,27-29,34H,8,12-15,17-21,23H2,1-4H3/t27-,29+/m0/s1. The molecule has 8 heteroatoms. The number of ether oxygens (including phenoxy) is 3. The van der Waals surface area contributed by atoms with Crippen molar-refractivity contribution < 1.29 is 23.8 Å². The Morgan fingerprint density at radius 3 is 2.34 bits per heavy atom. The Morgan fingerprint density at radius 1 is 0.951 bits per heavy atom. The lowest BCUT2D eigenvalue weighted by Crippen LogP contribution is -2.54. The fraction of sp³-hybridized carbons (Fsp3) is 0.576. The fourth-order valence-corrected chi connectivity index (χ4v) is 5.73. The molecule has 0 unspecified atom stereocenters. The molecule has 8 nitrogen and oxygen atoms in total. The predicted octanol–water partition coefficient (Wildman–Crippen LogP) is 4.71. The molecule has 2 amide bonds. The highest BCUT2D eigenvalue weighted by atomic mass is 16.5. The highest BCUT2D eigenvalue weighted by molar-refractivity contribution is 5.95. The van der Waals surface area contributed by atoms with E-state index in [0.717, 1.165) is 57.2 Å². The lowest BCUT2D eigenvalue weighted by molar-refractivity contribution is -0.131. The number of nitrogens with one attached hydrogen (secondary N) is 1. The number of methoxy groups -OCH3 is 2. The topological polar surface area (TPSA) is 80.3 Å². The molecule has 0 radical (unpaired) electrons. The molecule has 2 aliphatic rings. The summed E-state index contributed by atoms with van der Waals surface area (Å²) in [6.45, 7) is 6.76. The molecule has 1 aliphatic heterocycles. The van der Waals surface area contributed by atoms with Crippen molar-refractivity contribution in [2.24, 2.45) is 0 Å². The van der Waals surface area contributed by atoms with Crippen molar-refractivity contribution in [2.45, 2.75) is 83.0 Å². The summed E-state index contributed by atoms with van der Waals surface area (Å²) in [5.41, 5.74) is 1.67. The summed E-state index contributed by atoms with van der Waals surface area (Å²) in [6.07, 6.45) is 6.28. The van der Waals surface area contributed by atoms with Crippen molar-refractivity contribution >= 4 is 11.8 Å². The summed E-state index contributed by atoms with van der Waals surface area (Å²) in [7, 11) is 3.27. The first-order valence-corrected chi connectivity index (χ1v) is 15.1. The first kappa shape index (κ1) is 30.8. The van der Waals surface area contributed by atoms with Crippen molar-refractivity contribution in [1.82, 2.24) is 15.1 Å². The maximum absolute atomic E-state index is 13.8. The minimum atomic E-state index is 0.000983. The average molecular weight is 566 g/mol. The molecule has 1 heterocycles. The van der Waals surface area contributed by atoms with Crippen LogP contribution in [0.15, 0.2) is 48.5 Å². The van der Waals surface area contributed by atoms with E-state index in [1.54, 1.807) is 26.4 Å². The second kappa shape index (κ2) is 15.2. The number of carbonyl (C=O) groups is 2. The van der Waals surface area contributed by atoms with Crippen molar-refractivity contribution in [3.63, 3.8) is 0 Å². The highest BCUT2D eigenvalue weighted by Gasteiger charge is 2.34. The Morgan fingerprint density at radius 2 is 1.71 bits per heavy atom. The predicted molar refractivity (Wildman–Crippen MR) is 161 cm³/mol. The lowest BCUT2D eigenvalue weighted by atomic mass is 9.95. The highest BCUT2D eigenvalue weighted by Crippen LogP contribution is 2.31. The van der Waals surface area contributed by atoms with Gasteiger partial charge >= 0.3 is 0 Å². The van der Waals surface area contributed by atoms with Crippen LogP contribution in [0.1, 0.15) is 68.3 Å². The van der Waals surface area contributed by atoms with Gasteiger partial charge in [-0.1, -0.05) is 30.3 Å². The van der Waals surface area contributed by atoms with Crippen molar-refractivity contribution in [3.05, 3.63) is 59.7 Å². The molecular formula is C33H47N3O5. The van der Waals surface area contributed by atoms with E-state index in [0.29, 0.717) is 48.8 Å². The van der Waals surface area contributed by atoms with Crippen LogP contribution in [-0.4, -0.2) is 86.3 Å². The van der Waals surface area contributed by atoms with E-state index >= 15 is 0 Å². The van der Waals surface area contributed by atoms with Gasteiger partial charge in [0, 0.05) is 63.0 Å². The Hall–Kier alpha value is -3.10. The molecule has 4 rings (SSSR count). The van der Waals surface area contributed by atoms with Gasteiger partial charge in [-0.2, -0.15) is 0 Å². The SMILES string of the molecule is COCCCOc1cc(C(=O)N(C(C)C)[C@@H]2CC[C@@H](CCN(C(=O)Cc3ccccc3)C3CC3)NC2)ccc1OC. The normalized spacial score (nSPS) is 18.7. The molecule has 1 saturated heterocycles. The fourth-order valence-electron chi connectivity index (χ4n) is 5.73. The van der Waals surface area contributed by atoms with Crippen LogP contribution < -0.4 is 14.8 Å². The number of hydrogen-bond donors (Lipinski definition) is 1. The van der Waals surface area contributed by atoms with Gasteiger partial charge < -0.3 is 29.3 Å². The second-order valence-electron chi connectivity index (χ2n) is 11.5. The van der Waals surface area contributed by atoms with Crippen LogP contribution in [-0.2, 0) is 16.0 Å². The minimum Gasteiger partial charge on any atom is -0.493 e. The maximum atomic E-state index is 13.8. The van der Waals surface area contributed by atoms with Gasteiger partial charge in [0.05, 0.1) is 20.1 Å². The van der Waals surface area contributed by atoms with Crippen LogP contribution in [0, 0.1) is 0 Å². The number of benzene rings is 2. The third kappa shape index (κ3) is 8.69. The Kier molecular flexibility index (Phi) is 11.5. The summed E-state index contributed by atoms with van der Waals surface area (Å²) in [6, 6.07) is 16.3. The second-order valence-corrected chi connectivity index (χ2v) is 11.5. The Labute approximate surface area is 245 Å². The molecule has 224 valence electrons. The van der Waals surface area contributed by atoms with Crippen LogP contribution >= 0.6 is 0 Å². The minimum absolute atomic E-state index is 0.000983. The maximum Gasteiger partial charge on any atom is 0.254 e. The lowest BCUT2D eigenvalue weighted by Gasteiger charge is -2.40. The van der Waals surface area contributed by atoms with Crippen LogP contribution in [0.5, 0.6) is 11.5 Å². The zero-order chi connectivity index (χ0) is 29.2. The van der Waals surface area contributed by atoms with E-state index < -0.39 is 0 Å². The number of carbonyl (C=O) groups excluding carboxylic acids is 2. The molecule has 0 spiro atoms. The van der Waals surface area contributed by atoms with E-state index in [1.807, 2.05) is 41.3 Å². The van der Waals surface area contributed by atoms with Gasteiger partial charge in [-0.25, -0.2) is 0 Å². The van der Waals surface area contributed by atoms with Gasteiger partial charge in [-0.15, -0.1) is 0 Å². The molecule has 1 aliphatic carbocycles. The Balaban J connectivity index is 1.32. The molecule has 41 heavy (non-hydrogen) atoms. The summed E-state index contributed by atoms with van der Waals surface area (Å²) in [5, 5.41) is 3.70. The van der Waals surface area contributed by atoms with Gasteiger partial charge in [0.2, 0.25) is 5.91 Å². The zero-order valence-corrected chi connectivity index (χ0v) is 25.1. The molecule has 2 aromatic rings. The Bertz CT molecular complexity index is 1110. The van der Waals surface area contributed by atoms with Crippen molar-refractivity contribution in [3.8, 4) is 11.5 Å². The van der Waals surface area contributed by atoms with Gasteiger partial charge in [-0.05, 0) is 69.7 Å². The van der Waals surface area contributed by atoms with Crippen LogP contribution in [0.25, 0.3) is 0 Å². The molecule has 0 aromatic heterocycles. The summed E-state index contributed by atoms with van der Waals surface area (Å²) >= 11 is 0. The first-order chi connectivity index (χ1) is 19.9. The first-order valence-electron chi connectivity index (χ1n) is 15.1. The molecule has 1 N–H and O–H groups in total.